The van der Waals surface area contributed by atoms with E-state index >= 15 is 0 Å². The molecular formula is C24H21Cl2NO3. The first kappa shape index (κ1) is 20.6. The van der Waals surface area contributed by atoms with Crippen molar-refractivity contribution >= 4 is 29.3 Å². The SMILES string of the molecule is CNC(=O)OC(Cc1ccccc1)C1Cc2cccc(-c3c(Cl)cccc3Cl)c2O1. The lowest BCUT2D eigenvalue weighted by Crippen LogP contribution is -2.38. The predicted molar refractivity (Wildman–Crippen MR) is 119 cm³/mol. The molecule has 0 aromatic heterocycles. The molecule has 0 radical (unpaired) electrons. The topological polar surface area (TPSA) is 47.6 Å². The molecule has 1 aliphatic rings. The van der Waals surface area contributed by atoms with Crippen LogP contribution in [0.3, 0.4) is 0 Å². The van der Waals surface area contributed by atoms with E-state index in [4.69, 9.17) is 32.7 Å². The second-order valence-electron chi connectivity index (χ2n) is 7.13. The number of nitrogens with one attached hydrogen (secondary N) is 1. The third kappa shape index (κ3) is 4.25. The minimum Gasteiger partial charge on any atom is -0.485 e. The van der Waals surface area contributed by atoms with Crippen molar-refractivity contribution in [2.45, 2.75) is 25.0 Å². The molecule has 1 N–H and O–H groups in total. The molecule has 2 unspecified atom stereocenters. The molecule has 1 aliphatic heterocycles. The summed E-state index contributed by atoms with van der Waals surface area (Å²) in [5, 5.41) is 3.65. The van der Waals surface area contributed by atoms with E-state index in [-0.39, 0.29) is 6.10 Å². The van der Waals surface area contributed by atoms with Gasteiger partial charge in [0.1, 0.15) is 18.0 Å². The fraction of sp³-hybridized carbons (Fsp3) is 0.208. The highest BCUT2D eigenvalue weighted by atomic mass is 35.5. The lowest BCUT2D eigenvalue weighted by molar-refractivity contribution is 0.0271. The molecule has 0 saturated heterocycles. The highest BCUT2D eigenvalue weighted by Crippen LogP contribution is 2.44. The summed E-state index contributed by atoms with van der Waals surface area (Å²) in [5.74, 6) is 0.732. The number of halogens is 2. The van der Waals surface area contributed by atoms with E-state index in [0.717, 1.165) is 28.0 Å². The standard InChI is InChI=1S/C24H21Cl2NO3/c1-27-24(28)30-20(13-15-7-3-2-4-8-15)21-14-16-9-5-10-17(23(16)29-21)22-18(25)11-6-12-19(22)26/h2-12,20-21H,13-14H2,1H3,(H,27,28). The highest BCUT2D eigenvalue weighted by Gasteiger charge is 2.35. The number of hydrogen-bond acceptors (Lipinski definition) is 3. The van der Waals surface area contributed by atoms with Crippen molar-refractivity contribution in [3.05, 3.63) is 87.9 Å². The summed E-state index contributed by atoms with van der Waals surface area (Å²) in [6.07, 6.45) is -0.0754. The van der Waals surface area contributed by atoms with Crippen molar-refractivity contribution in [1.29, 1.82) is 0 Å². The summed E-state index contributed by atoms with van der Waals surface area (Å²) in [6, 6.07) is 21.3. The maximum Gasteiger partial charge on any atom is 0.407 e. The number of benzene rings is 3. The van der Waals surface area contributed by atoms with E-state index < -0.39 is 12.2 Å². The maximum absolute atomic E-state index is 12.0. The molecule has 0 aliphatic carbocycles. The number of alkyl carbamates (subject to hydrolysis) is 1. The molecular weight excluding hydrogens is 421 g/mol. The van der Waals surface area contributed by atoms with Gasteiger partial charge in [-0.05, 0) is 23.3 Å². The predicted octanol–water partition coefficient (Wildman–Crippen LogP) is 5.93. The van der Waals surface area contributed by atoms with Gasteiger partial charge in [0.25, 0.3) is 0 Å². The zero-order valence-electron chi connectivity index (χ0n) is 16.4. The number of para-hydroxylation sites is 1. The van der Waals surface area contributed by atoms with Crippen LogP contribution in [0.15, 0.2) is 66.7 Å². The summed E-state index contributed by atoms with van der Waals surface area (Å²) in [6.45, 7) is 0. The van der Waals surface area contributed by atoms with Gasteiger partial charge in [-0.15, -0.1) is 0 Å². The van der Waals surface area contributed by atoms with Crippen LogP contribution < -0.4 is 10.1 Å². The van der Waals surface area contributed by atoms with Crippen molar-refractivity contribution < 1.29 is 14.3 Å². The monoisotopic (exact) mass is 441 g/mol. The van der Waals surface area contributed by atoms with Gasteiger partial charge in [-0.3, -0.25) is 0 Å². The van der Waals surface area contributed by atoms with Crippen LogP contribution in [0.2, 0.25) is 10.0 Å². The third-order valence-corrected chi connectivity index (χ3v) is 5.81. The quantitative estimate of drug-likeness (QED) is 0.533. The Bertz CT molecular complexity index is 1040. The van der Waals surface area contributed by atoms with Gasteiger partial charge in [-0.1, -0.05) is 77.8 Å². The first-order valence-electron chi connectivity index (χ1n) is 9.72. The largest absolute Gasteiger partial charge is 0.485 e. The second kappa shape index (κ2) is 8.99. The molecule has 3 aromatic rings. The van der Waals surface area contributed by atoms with Crippen LogP contribution in [0.1, 0.15) is 11.1 Å². The van der Waals surface area contributed by atoms with Gasteiger partial charge in [0.15, 0.2) is 0 Å². The van der Waals surface area contributed by atoms with Crippen molar-refractivity contribution in [3.63, 3.8) is 0 Å². The number of fused-ring (bicyclic) bond motifs is 1. The van der Waals surface area contributed by atoms with E-state index in [2.05, 4.69) is 5.32 Å². The fourth-order valence-electron chi connectivity index (χ4n) is 3.75. The fourth-order valence-corrected chi connectivity index (χ4v) is 4.35. The summed E-state index contributed by atoms with van der Waals surface area (Å²) in [7, 11) is 1.55. The first-order valence-corrected chi connectivity index (χ1v) is 10.5. The Balaban J connectivity index is 1.65. The Kier molecular flexibility index (Phi) is 6.16. The number of carbonyl (C=O) groups excluding carboxylic acids is 1. The Hall–Kier alpha value is -2.69. The lowest BCUT2D eigenvalue weighted by atomic mass is 9.98. The molecule has 1 heterocycles. The van der Waals surface area contributed by atoms with Crippen LogP contribution in [0.5, 0.6) is 5.75 Å². The lowest BCUT2D eigenvalue weighted by Gasteiger charge is -2.24. The average molecular weight is 442 g/mol. The summed E-state index contributed by atoms with van der Waals surface area (Å²) in [5.41, 5.74) is 3.68. The van der Waals surface area contributed by atoms with Gasteiger partial charge in [-0.25, -0.2) is 4.79 Å². The highest BCUT2D eigenvalue weighted by molar-refractivity contribution is 6.39. The van der Waals surface area contributed by atoms with Gasteiger partial charge in [-0.2, -0.15) is 0 Å². The Morgan fingerprint density at radius 3 is 2.47 bits per heavy atom. The molecule has 6 heteroatoms. The van der Waals surface area contributed by atoms with Gasteiger partial charge in [0, 0.05) is 31.0 Å². The molecule has 4 nitrogen and oxygen atoms in total. The van der Waals surface area contributed by atoms with Crippen molar-refractivity contribution in [3.8, 4) is 16.9 Å². The molecule has 1 amide bonds. The van der Waals surface area contributed by atoms with E-state index in [0.29, 0.717) is 22.9 Å². The number of ether oxygens (including phenoxy) is 2. The van der Waals surface area contributed by atoms with E-state index in [1.807, 2.05) is 66.7 Å². The van der Waals surface area contributed by atoms with Gasteiger partial charge in [0.05, 0.1) is 10.0 Å². The van der Waals surface area contributed by atoms with Crippen molar-refractivity contribution in [2.75, 3.05) is 7.05 Å². The summed E-state index contributed by atoms with van der Waals surface area (Å²) >= 11 is 12.9. The van der Waals surface area contributed by atoms with Gasteiger partial charge < -0.3 is 14.8 Å². The van der Waals surface area contributed by atoms with Crippen LogP contribution >= 0.6 is 23.2 Å². The Morgan fingerprint density at radius 2 is 1.77 bits per heavy atom. The third-order valence-electron chi connectivity index (χ3n) is 5.18. The van der Waals surface area contributed by atoms with Crippen molar-refractivity contribution in [2.24, 2.45) is 0 Å². The van der Waals surface area contributed by atoms with E-state index in [1.165, 1.54) is 0 Å². The van der Waals surface area contributed by atoms with Crippen LogP contribution in [0.25, 0.3) is 11.1 Å². The van der Waals surface area contributed by atoms with Crippen LogP contribution in [0.4, 0.5) is 4.79 Å². The van der Waals surface area contributed by atoms with Gasteiger partial charge in [0.2, 0.25) is 0 Å². The smallest absolute Gasteiger partial charge is 0.407 e. The summed E-state index contributed by atoms with van der Waals surface area (Å²) < 4.78 is 12.0. The number of amides is 1. The van der Waals surface area contributed by atoms with Crippen molar-refractivity contribution in [1.82, 2.24) is 5.32 Å². The molecule has 0 fully saturated rings. The van der Waals surface area contributed by atoms with Gasteiger partial charge >= 0.3 is 6.09 Å². The van der Waals surface area contributed by atoms with Crippen LogP contribution in [-0.4, -0.2) is 25.3 Å². The maximum atomic E-state index is 12.0. The Morgan fingerprint density at radius 1 is 1.07 bits per heavy atom. The normalized spacial score (nSPS) is 15.8. The average Bonchev–Trinajstić information content (AvgIpc) is 3.19. The zero-order chi connectivity index (χ0) is 21.1. The van der Waals surface area contributed by atoms with E-state index in [9.17, 15) is 4.79 Å². The molecule has 154 valence electrons. The second-order valence-corrected chi connectivity index (χ2v) is 7.95. The zero-order valence-corrected chi connectivity index (χ0v) is 17.9. The Labute approximate surface area is 185 Å². The summed E-state index contributed by atoms with van der Waals surface area (Å²) in [4.78, 5) is 12.0. The minimum absolute atomic E-state index is 0.320. The molecule has 30 heavy (non-hydrogen) atoms. The molecule has 4 rings (SSSR count). The number of rotatable bonds is 5. The van der Waals surface area contributed by atoms with Crippen LogP contribution in [-0.2, 0) is 17.6 Å². The number of carbonyl (C=O) groups is 1. The first-order chi connectivity index (χ1) is 14.6. The molecule has 3 aromatic carbocycles. The number of hydrogen-bond donors (Lipinski definition) is 1. The molecule has 2 atom stereocenters. The van der Waals surface area contributed by atoms with Crippen LogP contribution in [0, 0.1) is 0 Å². The molecule has 0 spiro atoms. The molecule has 0 bridgehead atoms. The molecule has 0 saturated carbocycles. The minimum atomic E-state index is -0.482. The van der Waals surface area contributed by atoms with E-state index in [1.54, 1.807) is 7.05 Å².